The van der Waals surface area contributed by atoms with E-state index < -0.39 is 4.92 Å². The van der Waals surface area contributed by atoms with Gasteiger partial charge in [0.2, 0.25) is 11.7 Å². The highest BCUT2D eigenvalue weighted by molar-refractivity contribution is 5.64. The SMILES string of the molecule is COc1ccc(Cn2cc([N+](=O)[O-])c(Nc3ccc(Oc4cccc5c4C4(CC4)CO5)nc3)n2)cc1. The number of pyridine rings is 1. The first kappa shape index (κ1) is 21.9. The molecule has 1 fully saturated rings. The van der Waals surface area contributed by atoms with E-state index >= 15 is 0 Å². The Balaban J connectivity index is 1.18. The predicted octanol–water partition coefficient (Wildman–Crippen LogP) is 5.20. The second kappa shape index (κ2) is 8.56. The fraction of sp³-hybridized carbons (Fsp3) is 0.231. The third kappa shape index (κ3) is 4.06. The summed E-state index contributed by atoms with van der Waals surface area (Å²) in [4.78, 5) is 15.5. The maximum Gasteiger partial charge on any atom is 0.331 e. The molecule has 3 heterocycles. The van der Waals surface area contributed by atoms with Gasteiger partial charge in [-0.25, -0.2) is 4.98 Å². The standard InChI is InChI=1S/C26H23N5O5/c1-34-19-8-5-17(6-9-19)14-30-15-20(31(32)33)25(29-30)28-18-7-10-23(27-13-18)36-22-4-2-3-21-24(22)26(11-12-26)16-35-21/h2-10,13,15H,11-12,14,16H2,1H3,(H,28,29). The summed E-state index contributed by atoms with van der Waals surface area (Å²) in [5.74, 6) is 2.93. The molecule has 1 saturated carbocycles. The van der Waals surface area contributed by atoms with E-state index in [9.17, 15) is 10.1 Å². The molecule has 6 rings (SSSR count). The van der Waals surface area contributed by atoms with Gasteiger partial charge in [-0.2, -0.15) is 0 Å². The first-order chi connectivity index (χ1) is 17.5. The zero-order chi connectivity index (χ0) is 24.7. The zero-order valence-corrected chi connectivity index (χ0v) is 19.5. The lowest BCUT2D eigenvalue weighted by atomic mass is 9.97. The summed E-state index contributed by atoms with van der Waals surface area (Å²) in [5.41, 5.74) is 2.57. The topological polar surface area (TPSA) is 114 Å². The van der Waals surface area contributed by atoms with Crippen molar-refractivity contribution in [2.45, 2.75) is 24.8 Å². The van der Waals surface area contributed by atoms with Gasteiger partial charge in [0.05, 0.1) is 37.1 Å². The number of ether oxygens (including phenoxy) is 3. The molecule has 10 nitrogen and oxygen atoms in total. The number of aromatic nitrogens is 3. The monoisotopic (exact) mass is 485 g/mol. The van der Waals surface area contributed by atoms with E-state index in [2.05, 4.69) is 15.4 Å². The first-order valence-corrected chi connectivity index (χ1v) is 11.5. The highest BCUT2D eigenvalue weighted by Gasteiger charge is 2.52. The normalized spacial score (nSPS) is 14.7. The van der Waals surface area contributed by atoms with Gasteiger partial charge >= 0.3 is 5.69 Å². The lowest BCUT2D eigenvalue weighted by Gasteiger charge is -2.12. The van der Waals surface area contributed by atoms with Crippen LogP contribution in [0.1, 0.15) is 24.0 Å². The number of nitro groups is 1. The van der Waals surface area contributed by atoms with Gasteiger partial charge in [0.25, 0.3) is 0 Å². The van der Waals surface area contributed by atoms with Gasteiger partial charge in [0.15, 0.2) is 0 Å². The summed E-state index contributed by atoms with van der Waals surface area (Å²) in [6.45, 7) is 1.08. The van der Waals surface area contributed by atoms with Crippen LogP contribution >= 0.6 is 0 Å². The van der Waals surface area contributed by atoms with Crippen molar-refractivity contribution in [2.75, 3.05) is 19.0 Å². The summed E-state index contributed by atoms with van der Waals surface area (Å²) in [6.07, 6.45) is 5.17. The smallest absolute Gasteiger partial charge is 0.331 e. The Kier molecular flexibility index (Phi) is 5.21. The lowest BCUT2D eigenvalue weighted by Crippen LogP contribution is -2.08. The van der Waals surface area contributed by atoms with Crippen molar-refractivity contribution in [1.29, 1.82) is 0 Å². The van der Waals surface area contributed by atoms with Gasteiger partial charge < -0.3 is 19.5 Å². The average molecular weight is 486 g/mol. The Morgan fingerprint density at radius 1 is 1.17 bits per heavy atom. The Hall–Kier alpha value is -4.60. The van der Waals surface area contributed by atoms with Crippen molar-refractivity contribution >= 4 is 17.2 Å². The second-order valence-corrected chi connectivity index (χ2v) is 8.98. The van der Waals surface area contributed by atoms with E-state index in [1.54, 1.807) is 25.4 Å². The van der Waals surface area contributed by atoms with Crippen molar-refractivity contribution in [3.8, 4) is 23.1 Å². The molecule has 36 heavy (non-hydrogen) atoms. The van der Waals surface area contributed by atoms with Crippen LogP contribution in [0.4, 0.5) is 17.2 Å². The first-order valence-electron chi connectivity index (χ1n) is 11.5. The van der Waals surface area contributed by atoms with Crippen LogP contribution in [-0.2, 0) is 12.0 Å². The van der Waals surface area contributed by atoms with Crippen LogP contribution in [0.2, 0.25) is 0 Å². The molecule has 0 saturated heterocycles. The average Bonchev–Trinajstić information content (AvgIpc) is 3.42. The van der Waals surface area contributed by atoms with Crippen LogP contribution < -0.4 is 19.5 Å². The molecule has 1 spiro atoms. The molecule has 10 heteroatoms. The van der Waals surface area contributed by atoms with Gasteiger partial charge in [-0.3, -0.25) is 14.8 Å². The molecule has 0 bridgehead atoms. The van der Waals surface area contributed by atoms with E-state index in [1.165, 1.54) is 10.9 Å². The van der Waals surface area contributed by atoms with Crippen molar-refractivity contribution in [3.63, 3.8) is 0 Å². The Bertz CT molecular complexity index is 1430. The fourth-order valence-electron chi connectivity index (χ4n) is 4.47. The molecule has 0 unspecified atom stereocenters. The van der Waals surface area contributed by atoms with E-state index in [-0.39, 0.29) is 16.9 Å². The number of benzene rings is 2. The number of anilines is 2. The zero-order valence-electron chi connectivity index (χ0n) is 19.5. The van der Waals surface area contributed by atoms with Crippen molar-refractivity contribution in [3.05, 3.63) is 88.2 Å². The Morgan fingerprint density at radius 3 is 2.69 bits per heavy atom. The molecular weight excluding hydrogens is 462 g/mol. The number of hydrogen-bond donors (Lipinski definition) is 1. The molecule has 2 aliphatic rings. The Labute approximate surface area is 206 Å². The fourth-order valence-corrected chi connectivity index (χ4v) is 4.47. The highest BCUT2D eigenvalue weighted by Crippen LogP contribution is 2.58. The quantitative estimate of drug-likeness (QED) is 0.267. The van der Waals surface area contributed by atoms with E-state index in [4.69, 9.17) is 14.2 Å². The summed E-state index contributed by atoms with van der Waals surface area (Å²) < 4.78 is 18.6. The molecule has 182 valence electrons. The predicted molar refractivity (Wildman–Crippen MR) is 131 cm³/mol. The van der Waals surface area contributed by atoms with Crippen LogP contribution in [-0.4, -0.2) is 33.4 Å². The molecule has 0 atom stereocenters. The van der Waals surface area contributed by atoms with Gasteiger partial charge in [-0.05, 0) is 48.7 Å². The maximum atomic E-state index is 11.6. The van der Waals surface area contributed by atoms with Crippen molar-refractivity contribution < 1.29 is 19.1 Å². The largest absolute Gasteiger partial charge is 0.497 e. The van der Waals surface area contributed by atoms with Crippen molar-refractivity contribution in [1.82, 2.24) is 14.8 Å². The minimum atomic E-state index is -0.462. The van der Waals surface area contributed by atoms with Gasteiger partial charge in [-0.15, -0.1) is 5.10 Å². The summed E-state index contributed by atoms with van der Waals surface area (Å²) >= 11 is 0. The third-order valence-electron chi connectivity index (χ3n) is 6.53. The molecule has 4 aromatic rings. The van der Waals surface area contributed by atoms with E-state index in [0.29, 0.717) is 24.7 Å². The third-order valence-corrected chi connectivity index (χ3v) is 6.53. The van der Waals surface area contributed by atoms with Gasteiger partial charge in [-0.1, -0.05) is 18.2 Å². The molecule has 2 aromatic heterocycles. The van der Waals surface area contributed by atoms with E-state index in [1.807, 2.05) is 42.5 Å². The molecule has 1 N–H and O–H groups in total. The summed E-state index contributed by atoms with van der Waals surface area (Å²) in [7, 11) is 1.60. The number of rotatable bonds is 8. The minimum Gasteiger partial charge on any atom is -0.497 e. The van der Waals surface area contributed by atoms with Gasteiger partial charge in [0, 0.05) is 17.0 Å². The number of fused-ring (bicyclic) bond motifs is 2. The van der Waals surface area contributed by atoms with Crippen molar-refractivity contribution in [2.24, 2.45) is 0 Å². The molecule has 1 aliphatic heterocycles. The summed E-state index contributed by atoms with van der Waals surface area (Å²) in [5, 5.41) is 19.0. The number of hydrogen-bond acceptors (Lipinski definition) is 8. The number of methoxy groups -OCH3 is 1. The lowest BCUT2D eigenvalue weighted by molar-refractivity contribution is -0.384. The molecule has 1 aliphatic carbocycles. The maximum absolute atomic E-state index is 11.6. The van der Waals surface area contributed by atoms with Crippen LogP contribution in [0.3, 0.4) is 0 Å². The second-order valence-electron chi connectivity index (χ2n) is 8.98. The number of nitrogens with zero attached hydrogens (tertiary/aromatic N) is 4. The highest BCUT2D eigenvalue weighted by atomic mass is 16.6. The van der Waals surface area contributed by atoms with E-state index in [0.717, 1.165) is 41.2 Å². The molecular formula is C26H23N5O5. The molecule has 0 amide bonds. The van der Waals surface area contributed by atoms with Crippen LogP contribution in [0.5, 0.6) is 23.1 Å². The van der Waals surface area contributed by atoms with Gasteiger partial charge in [0.1, 0.15) is 23.4 Å². The van der Waals surface area contributed by atoms with Crippen LogP contribution in [0.25, 0.3) is 0 Å². The molecule has 0 radical (unpaired) electrons. The summed E-state index contributed by atoms with van der Waals surface area (Å²) in [6, 6.07) is 16.7. The van der Waals surface area contributed by atoms with Crippen LogP contribution in [0, 0.1) is 10.1 Å². The minimum absolute atomic E-state index is 0.0804. The Morgan fingerprint density at radius 2 is 2.00 bits per heavy atom. The number of nitrogens with one attached hydrogen (secondary N) is 1. The van der Waals surface area contributed by atoms with Crippen LogP contribution in [0.15, 0.2) is 67.0 Å². The molecule has 2 aromatic carbocycles.